The maximum Gasteiger partial charge on any atom is 0.321 e. The molecule has 0 spiro atoms. The van der Waals surface area contributed by atoms with E-state index in [0.29, 0.717) is 11.8 Å². The van der Waals surface area contributed by atoms with Crippen LogP contribution in [0.5, 0.6) is 0 Å². The molecule has 0 radical (unpaired) electrons. The molecular weight excluding hydrogens is 404 g/mol. The average molecular weight is 426 g/mol. The van der Waals surface area contributed by atoms with E-state index in [1.807, 2.05) is 0 Å². The van der Waals surface area contributed by atoms with Crippen molar-refractivity contribution in [1.29, 1.82) is 0 Å². The Morgan fingerprint density at radius 2 is 1.90 bits per heavy atom. The molecule has 1 aliphatic heterocycles. The Hall–Kier alpha value is -2.22. The van der Waals surface area contributed by atoms with E-state index in [2.05, 4.69) is 16.0 Å². The Balaban J connectivity index is 1.57. The van der Waals surface area contributed by atoms with Gasteiger partial charge in [-0.15, -0.1) is 0 Å². The third kappa shape index (κ3) is 4.22. The number of rotatable bonds is 4. The fraction of sp³-hybridized carbons (Fsp3) is 0.550. The molecular formula is C20H22ClF2N3O3. The molecule has 2 aliphatic carbocycles. The normalized spacial score (nSPS) is 29.8. The molecule has 3 aliphatic rings. The number of nitrogens with one attached hydrogen (secondary N) is 3. The Morgan fingerprint density at radius 1 is 1.17 bits per heavy atom. The first-order valence-electron chi connectivity index (χ1n) is 9.85. The zero-order valence-electron chi connectivity index (χ0n) is 15.6. The lowest BCUT2D eigenvalue weighted by Gasteiger charge is -2.29. The lowest BCUT2D eigenvalue weighted by molar-refractivity contribution is -0.127. The molecule has 1 aromatic rings. The van der Waals surface area contributed by atoms with Crippen molar-refractivity contribution >= 4 is 29.4 Å². The first kappa shape index (κ1) is 20.1. The van der Waals surface area contributed by atoms with E-state index in [9.17, 15) is 23.2 Å². The Labute approximate surface area is 171 Å². The standard InChI is InChI=1S/C20H22ClF2N3O3/c21-13-2-3-14(22)16(17(13)23)18(12-6-10-5-11(10)7-12)26-19(28)9-1-4-15(27)25-20(29)24-8-9/h2-3,9-12,18H,1,4-8H2,(H,26,28)(H2,24,25,27,29)/t9-,10-,11+,12?,18-/m0/s1. The van der Waals surface area contributed by atoms with Gasteiger partial charge in [0.2, 0.25) is 11.8 Å². The van der Waals surface area contributed by atoms with Crippen LogP contribution in [0.15, 0.2) is 12.1 Å². The minimum Gasteiger partial charge on any atom is -0.348 e. The highest BCUT2D eigenvalue weighted by molar-refractivity contribution is 6.30. The highest BCUT2D eigenvalue weighted by Crippen LogP contribution is 2.57. The second kappa shape index (κ2) is 7.89. The number of benzene rings is 1. The minimum absolute atomic E-state index is 0.0175. The molecule has 1 unspecified atom stereocenters. The van der Waals surface area contributed by atoms with E-state index in [0.717, 1.165) is 31.4 Å². The zero-order chi connectivity index (χ0) is 20.7. The van der Waals surface area contributed by atoms with Gasteiger partial charge in [-0.1, -0.05) is 11.6 Å². The van der Waals surface area contributed by atoms with Crippen LogP contribution in [-0.4, -0.2) is 24.4 Å². The number of carbonyl (C=O) groups is 3. The fourth-order valence-corrected chi connectivity index (χ4v) is 4.80. The van der Waals surface area contributed by atoms with E-state index < -0.39 is 41.4 Å². The highest BCUT2D eigenvalue weighted by atomic mass is 35.5. The summed E-state index contributed by atoms with van der Waals surface area (Å²) in [4.78, 5) is 36.1. The lowest BCUT2D eigenvalue weighted by atomic mass is 9.87. The molecule has 29 heavy (non-hydrogen) atoms. The summed E-state index contributed by atoms with van der Waals surface area (Å²) in [5.74, 6) is -2.18. The quantitative estimate of drug-likeness (QED) is 0.648. The van der Waals surface area contributed by atoms with Gasteiger partial charge in [-0.2, -0.15) is 0 Å². The van der Waals surface area contributed by atoms with Crippen LogP contribution in [0.1, 0.15) is 43.7 Å². The van der Waals surface area contributed by atoms with Crippen molar-refractivity contribution in [3.8, 4) is 0 Å². The smallest absolute Gasteiger partial charge is 0.321 e. The third-order valence-electron chi connectivity index (χ3n) is 6.29. The fourth-order valence-electron chi connectivity index (χ4n) is 4.64. The van der Waals surface area contributed by atoms with Gasteiger partial charge in [0.05, 0.1) is 17.0 Å². The van der Waals surface area contributed by atoms with Gasteiger partial charge in [-0.05, 0) is 55.6 Å². The van der Waals surface area contributed by atoms with Gasteiger partial charge in [-0.3, -0.25) is 14.9 Å². The molecule has 1 heterocycles. The van der Waals surface area contributed by atoms with Gasteiger partial charge in [0.25, 0.3) is 0 Å². The van der Waals surface area contributed by atoms with Crippen molar-refractivity contribution in [1.82, 2.24) is 16.0 Å². The van der Waals surface area contributed by atoms with Crippen molar-refractivity contribution < 1.29 is 23.2 Å². The second-order valence-corrected chi connectivity index (χ2v) is 8.63. The number of amides is 4. The molecule has 1 aromatic carbocycles. The lowest BCUT2D eigenvalue weighted by Crippen LogP contribution is -2.48. The summed E-state index contributed by atoms with van der Waals surface area (Å²) in [6.07, 6.45) is 2.96. The number of fused-ring (bicyclic) bond motifs is 1. The van der Waals surface area contributed by atoms with Crippen LogP contribution in [0.2, 0.25) is 5.02 Å². The van der Waals surface area contributed by atoms with Crippen LogP contribution in [0.25, 0.3) is 0 Å². The SMILES string of the molecule is O=C1CC[C@H](C(=O)N[C@H](c2c(F)ccc(Cl)c2F)C2C[C@@H]3C[C@@H]3C2)CNC(=O)N1. The predicted molar refractivity (Wildman–Crippen MR) is 101 cm³/mol. The van der Waals surface area contributed by atoms with Crippen molar-refractivity contribution in [2.24, 2.45) is 23.7 Å². The van der Waals surface area contributed by atoms with Crippen molar-refractivity contribution in [2.45, 2.75) is 38.1 Å². The molecule has 156 valence electrons. The summed E-state index contributed by atoms with van der Waals surface area (Å²) < 4.78 is 29.4. The topological polar surface area (TPSA) is 87.3 Å². The summed E-state index contributed by atoms with van der Waals surface area (Å²) in [6, 6.07) is 0.760. The molecule has 9 heteroatoms. The van der Waals surface area contributed by atoms with E-state index in [4.69, 9.17) is 11.6 Å². The molecule has 6 nitrogen and oxygen atoms in total. The third-order valence-corrected chi connectivity index (χ3v) is 6.58. The number of hydrogen-bond acceptors (Lipinski definition) is 3. The minimum atomic E-state index is -0.858. The van der Waals surface area contributed by atoms with Crippen LogP contribution in [0, 0.1) is 35.3 Å². The maximum absolute atomic E-state index is 14.8. The second-order valence-electron chi connectivity index (χ2n) is 8.22. The molecule has 2 saturated carbocycles. The van der Waals surface area contributed by atoms with Gasteiger partial charge in [0.15, 0.2) is 0 Å². The highest BCUT2D eigenvalue weighted by Gasteiger charge is 2.49. The van der Waals surface area contributed by atoms with Crippen molar-refractivity contribution in [3.63, 3.8) is 0 Å². The summed E-state index contributed by atoms with van der Waals surface area (Å²) in [5.41, 5.74) is -0.218. The van der Waals surface area contributed by atoms with Gasteiger partial charge in [-0.25, -0.2) is 13.6 Å². The molecule has 4 amide bonds. The summed E-state index contributed by atoms with van der Waals surface area (Å²) in [7, 11) is 0. The van der Waals surface area contributed by atoms with Gasteiger partial charge >= 0.3 is 6.03 Å². The van der Waals surface area contributed by atoms with Gasteiger partial charge in [0, 0.05) is 18.5 Å². The molecule has 3 fully saturated rings. The largest absolute Gasteiger partial charge is 0.348 e. The summed E-state index contributed by atoms with van der Waals surface area (Å²) in [5, 5.41) is 7.24. The van der Waals surface area contributed by atoms with Crippen LogP contribution < -0.4 is 16.0 Å². The van der Waals surface area contributed by atoms with Crippen molar-refractivity contribution in [3.05, 3.63) is 34.4 Å². The molecule has 3 N–H and O–H groups in total. The van der Waals surface area contributed by atoms with E-state index in [1.165, 1.54) is 0 Å². The number of imide groups is 1. The number of urea groups is 1. The molecule has 4 rings (SSSR count). The predicted octanol–water partition coefficient (Wildman–Crippen LogP) is 3.06. The van der Waals surface area contributed by atoms with Crippen LogP contribution in [0.4, 0.5) is 13.6 Å². The maximum atomic E-state index is 14.8. The molecule has 5 atom stereocenters. The van der Waals surface area contributed by atoms with Crippen LogP contribution in [0.3, 0.4) is 0 Å². The number of hydrogen-bond donors (Lipinski definition) is 3. The van der Waals surface area contributed by atoms with E-state index in [1.54, 1.807) is 0 Å². The van der Waals surface area contributed by atoms with Crippen LogP contribution >= 0.6 is 11.6 Å². The summed E-state index contributed by atoms with van der Waals surface area (Å²) in [6.45, 7) is 0.0358. The summed E-state index contributed by atoms with van der Waals surface area (Å²) >= 11 is 5.88. The Morgan fingerprint density at radius 3 is 2.62 bits per heavy atom. The van der Waals surface area contributed by atoms with E-state index in [-0.39, 0.29) is 35.9 Å². The molecule has 0 bridgehead atoms. The first-order chi connectivity index (χ1) is 13.8. The van der Waals surface area contributed by atoms with E-state index >= 15 is 0 Å². The number of halogens is 3. The van der Waals surface area contributed by atoms with Gasteiger partial charge in [0.1, 0.15) is 11.6 Å². The Kier molecular flexibility index (Phi) is 5.46. The monoisotopic (exact) mass is 425 g/mol. The zero-order valence-corrected chi connectivity index (χ0v) is 16.4. The number of carbonyl (C=O) groups excluding carboxylic acids is 3. The molecule has 0 aromatic heterocycles. The van der Waals surface area contributed by atoms with Gasteiger partial charge < -0.3 is 10.6 Å². The molecule has 1 saturated heterocycles. The first-order valence-corrected chi connectivity index (χ1v) is 10.2. The van der Waals surface area contributed by atoms with Crippen molar-refractivity contribution in [2.75, 3.05) is 6.54 Å². The Bertz CT molecular complexity index is 838. The average Bonchev–Trinajstić information content (AvgIpc) is 3.27. The van der Waals surface area contributed by atoms with Crippen LogP contribution in [-0.2, 0) is 9.59 Å².